The molecule has 0 saturated carbocycles. The molecule has 0 aliphatic rings. The van der Waals surface area contributed by atoms with Crippen molar-refractivity contribution in [1.29, 1.82) is 0 Å². The van der Waals surface area contributed by atoms with Crippen LogP contribution in [0.2, 0.25) is 0 Å². The van der Waals surface area contributed by atoms with Gasteiger partial charge < -0.3 is 14.2 Å². The quantitative estimate of drug-likeness (QED) is 0.0262. The fourth-order valence-electron chi connectivity index (χ4n) is 6.75. The highest BCUT2D eigenvalue weighted by molar-refractivity contribution is 5.71. The Balaban J connectivity index is 4.48. The molecule has 1 atom stereocenters. The highest BCUT2D eigenvalue weighted by atomic mass is 16.6. The third-order valence-electron chi connectivity index (χ3n) is 10.6. The summed E-state index contributed by atoms with van der Waals surface area (Å²) in [5.41, 5.74) is 0. The van der Waals surface area contributed by atoms with Crippen LogP contribution in [0.25, 0.3) is 0 Å². The zero-order chi connectivity index (χ0) is 48.6. The lowest BCUT2D eigenvalue weighted by Gasteiger charge is -2.18. The van der Waals surface area contributed by atoms with Gasteiger partial charge in [0.05, 0.1) is 0 Å². The van der Waals surface area contributed by atoms with E-state index in [0.717, 1.165) is 135 Å². The Kier molecular flexibility index (Phi) is 50.6. The van der Waals surface area contributed by atoms with Crippen LogP contribution < -0.4 is 0 Å². The molecule has 67 heavy (non-hydrogen) atoms. The number of allylic oxidation sites excluding steroid dienone is 22. The number of rotatable bonds is 46. The first-order chi connectivity index (χ1) is 33.0. The van der Waals surface area contributed by atoms with Crippen molar-refractivity contribution in [1.82, 2.24) is 0 Å². The minimum atomic E-state index is -0.824. The Morgan fingerprint density at radius 3 is 0.925 bits per heavy atom. The highest BCUT2D eigenvalue weighted by Gasteiger charge is 2.19. The van der Waals surface area contributed by atoms with Gasteiger partial charge in [0.25, 0.3) is 0 Å². The van der Waals surface area contributed by atoms with Crippen LogP contribution in [-0.4, -0.2) is 37.2 Å². The van der Waals surface area contributed by atoms with Gasteiger partial charge in [-0.25, -0.2) is 0 Å². The van der Waals surface area contributed by atoms with Gasteiger partial charge in [0.1, 0.15) is 13.2 Å². The topological polar surface area (TPSA) is 78.9 Å². The zero-order valence-electron chi connectivity index (χ0n) is 42.9. The van der Waals surface area contributed by atoms with Gasteiger partial charge in [0.15, 0.2) is 6.10 Å². The molecule has 6 nitrogen and oxygen atoms in total. The molecule has 376 valence electrons. The van der Waals surface area contributed by atoms with Crippen molar-refractivity contribution >= 4 is 17.9 Å². The van der Waals surface area contributed by atoms with Crippen LogP contribution in [-0.2, 0) is 28.6 Å². The highest BCUT2D eigenvalue weighted by Crippen LogP contribution is 2.13. The van der Waals surface area contributed by atoms with Gasteiger partial charge in [-0.15, -0.1) is 0 Å². The van der Waals surface area contributed by atoms with Crippen LogP contribution in [0.3, 0.4) is 0 Å². The van der Waals surface area contributed by atoms with E-state index in [1.807, 2.05) is 12.2 Å². The Morgan fingerprint density at radius 2 is 0.567 bits per heavy atom. The molecule has 0 rings (SSSR count). The van der Waals surface area contributed by atoms with E-state index in [0.29, 0.717) is 12.8 Å². The first kappa shape index (κ1) is 62.5. The van der Waals surface area contributed by atoms with Gasteiger partial charge in [-0.05, 0) is 116 Å². The molecule has 0 fully saturated rings. The van der Waals surface area contributed by atoms with Crippen LogP contribution in [0.5, 0.6) is 0 Å². The molecule has 0 amide bonds. The van der Waals surface area contributed by atoms with Gasteiger partial charge in [0.2, 0.25) is 0 Å². The largest absolute Gasteiger partial charge is 0.462 e. The van der Waals surface area contributed by atoms with Crippen LogP contribution in [0, 0.1) is 0 Å². The number of ether oxygens (including phenoxy) is 3. The minimum Gasteiger partial charge on any atom is -0.462 e. The second-order valence-corrected chi connectivity index (χ2v) is 17.0. The summed E-state index contributed by atoms with van der Waals surface area (Å²) >= 11 is 0. The number of hydrogen-bond acceptors (Lipinski definition) is 6. The summed E-state index contributed by atoms with van der Waals surface area (Å²) in [5, 5.41) is 0. The second-order valence-electron chi connectivity index (χ2n) is 17.0. The number of hydrogen-bond donors (Lipinski definition) is 0. The molecule has 1 unspecified atom stereocenters. The lowest BCUT2D eigenvalue weighted by Crippen LogP contribution is -2.30. The molecule has 0 aliphatic carbocycles. The summed E-state index contributed by atoms with van der Waals surface area (Å²) in [6.45, 7) is 6.19. The second kappa shape index (κ2) is 54.2. The predicted molar refractivity (Wildman–Crippen MR) is 288 cm³/mol. The Hall–Kier alpha value is -4.45. The van der Waals surface area contributed by atoms with E-state index in [9.17, 15) is 14.4 Å². The van der Waals surface area contributed by atoms with Crippen LogP contribution in [0.4, 0.5) is 0 Å². The Bertz CT molecular complexity index is 1480. The van der Waals surface area contributed by atoms with Gasteiger partial charge in [-0.1, -0.05) is 212 Å². The summed E-state index contributed by atoms with van der Waals surface area (Å²) in [7, 11) is 0. The van der Waals surface area contributed by atoms with Gasteiger partial charge >= 0.3 is 17.9 Å². The molecule has 0 saturated heterocycles. The summed E-state index contributed by atoms with van der Waals surface area (Å²) in [4.78, 5) is 38.0. The number of carbonyl (C=O) groups is 3. The lowest BCUT2D eigenvalue weighted by atomic mass is 10.1. The molecule has 0 radical (unpaired) electrons. The smallest absolute Gasteiger partial charge is 0.306 e. The van der Waals surface area contributed by atoms with Crippen molar-refractivity contribution in [2.24, 2.45) is 0 Å². The normalized spacial score (nSPS) is 13.2. The number of carbonyl (C=O) groups excluding carboxylic acids is 3. The monoisotopic (exact) mass is 925 g/mol. The molecule has 0 aromatic heterocycles. The summed E-state index contributed by atoms with van der Waals surface area (Å²) in [6, 6.07) is 0. The van der Waals surface area contributed by atoms with E-state index in [1.54, 1.807) is 0 Å². The van der Waals surface area contributed by atoms with Crippen LogP contribution in [0.1, 0.15) is 213 Å². The summed E-state index contributed by atoms with van der Waals surface area (Å²) in [6.07, 6.45) is 75.9. The van der Waals surface area contributed by atoms with E-state index < -0.39 is 6.10 Å². The van der Waals surface area contributed by atoms with Crippen molar-refractivity contribution in [2.45, 2.75) is 219 Å². The molecule has 0 spiro atoms. The minimum absolute atomic E-state index is 0.116. The molecule has 6 heteroatoms. The zero-order valence-corrected chi connectivity index (χ0v) is 42.9. The molecule has 0 aromatic rings. The molecular formula is C61H96O6. The van der Waals surface area contributed by atoms with Crippen molar-refractivity contribution in [3.05, 3.63) is 134 Å². The molecule has 0 N–H and O–H groups in total. The van der Waals surface area contributed by atoms with Gasteiger partial charge in [-0.2, -0.15) is 0 Å². The number of esters is 3. The van der Waals surface area contributed by atoms with E-state index in [2.05, 4.69) is 142 Å². The van der Waals surface area contributed by atoms with Crippen molar-refractivity contribution in [3.8, 4) is 0 Å². The molecule has 0 bridgehead atoms. The average molecular weight is 925 g/mol. The Labute approximate surface area is 411 Å². The van der Waals surface area contributed by atoms with Gasteiger partial charge in [-0.3, -0.25) is 14.4 Å². The first-order valence-corrected chi connectivity index (χ1v) is 26.7. The summed E-state index contributed by atoms with van der Waals surface area (Å²) in [5.74, 6) is -1.03. The average Bonchev–Trinajstić information content (AvgIpc) is 3.33. The summed E-state index contributed by atoms with van der Waals surface area (Å²) < 4.78 is 16.7. The lowest BCUT2D eigenvalue weighted by molar-refractivity contribution is -0.166. The van der Waals surface area contributed by atoms with Crippen LogP contribution in [0.15, 0.2) is 134 Å². The maximum Gasteiger partial charge on any atom is 0.306 e. The van der Waals surface area contributed by atoms with E-state index >= 15 is 0 Å². The van der Waals surface area contributed by atoms with E-state index in [-0.39, 0.29) is 44.0 Å². The van der Waals surface area contributed by atoms with E-state index in [1.165, 1.54) is 32.1 Å². The fraction of sp³-hybridized carbons (Fsp3) is 0.590. The van der Waals surface area contributed by atoms with Crippen molar-refractivity contribution in [3.63, 3.8) is 0 Å². The predicted octanol–water partition coefficient (Wildman–Crippen LogP) is 17.9. The first-order valence-electron chi connectivity index (χ1n) is 26.7. The third kappa shape index (κ3) is 52.4. The van der Waals surface area contributed by atoms with Gasteiger partial charge in [0, 0.05) is 19.3 Å². The maximum atomic E-state index is 12.8. The maximum absolute atomic E-state index is 12.8. The molecule has 0 aromatic carbocycles. The molecule has 0 heterocycles. The SMILES string of the molecule is CC/C=C\C/C=C\C/C=C\C/C=C\CCCCCCCCCCC(=O)OCC(COC(=O)CC/C=C\C/C=C\C/C=C\C/C=C\CC)OC(=O)CCCCCCC/C=C\C/C=C\C/C=C\CC. The molecule has 0 aliphatic heterocycles. The Morgan fingerprint density at radius 1 is 0.299 bits per heavy atom. The molecular weight excluding hydrogens is 829 g/mol. The van der Waals surface area contributed by atoms with Crippen molar-refractivity contribution in [2.75, 3.05) is 13.2 Å². The number of unbranched alkanes of at least 4 members (excludes halogenated alkanes) is 13. The standard InChI is InChI=1S/C61H96O6/c1-4-7-10-13-16-19-22-25-27-28-29-30-31-32-34-36-39-42-45-48-51-54-60(63)66-57-58(56-65-59(62)53-50-47-44-41-38-35-24-21-18-15-12-9-6-3)67-61(64)55-52-49-46-43-40-37-33-26-23-20-17-14-11-8-5-2/h7-12,16-21,25-27,29-30,33,35,38,44,47,58H,4-6,13-15,22-24,28,31-32,34,36-37,39-43,45-46,48-57H2,1-3H3/b10-7-,11-8-,12-9-,19-16-,20-17-,21-18-,27-25-,30-29-,33-26-,38-35-,47-44-. The third-order valence-corrected chi connectivity index (χ3v) is 10.6. The fourth-order valence-corrected chi connectivity index (χ4v) is 6.75. The van der Waals surface area contributed by atoms with Crippen molar-refractivity contribution < 1.29 is 28.6 Å². The van der Waals surface area contributed by atoms with Crippen LogP contribution >= 0.6 is 0 Å². The van der Waals surface area contributed by atoms with E-state index in [4.69, 9.17) is 14.2 Å².